The number of hydrogen-bond donors (Lipinski definition) is 1. The van der Waals surface area contributed by atoms with Gasteiger partial charge < -0.3 is 14.8 Å². The zero-order valence-electron chi connectivity index (χ0n) is 20.3. The minimum Gasteiger partial charge on any atom is -0.496 e. The van der Waals surface area contributed by atoms with Crippen molar-refractivity contribution in [2.45, 2.75) is 12.7 Å². The van der Waals surface area contributed by atoms with E-state index in [0.29, 0.717) is 32.6 Å². The van der Waals surface area contributed by atoms with E-state index in [1.807, 2.05) is 24.3 Å². The van der Waals surface area contributed by atoms with Crippen LogP contribution < -0.4 is 10.1 Å². The fourth-order valence-electron chi connectivity index (χ4n) is 4.12. The topological polar surface area (TPSA) is 47.6 Å². The quantitative estimate of drug-likeness (QED) is 0.230. The lowest BCUT2D eigenvalue weighted by Crippen LogP contribution is -2.14. The van der Waals surface area contributed by atoms with Crippen LogP contribution in [0.5, 0.6) is 5.75 Å². The van der Waals surface area contributed by atoms with Crippen molar-refractivity contribution in [1.82, 2.24) is 0 Å². The number of anilines is 1. The highest BCUT2D eigenvalue weighted by Crippen LogP contribution is 2.38. The van der Waals surface area contributed by atoms with E-state index in [9.17, 15) is 18.0 Å². The largest absolute Gasteiger partial charge is 0.496 e. The van der Waals surface area contributed by atoms with Gasteiger partial charge in [-0.15, -0.1) is 0 Å². The molecule has 0 bridgehead atoms. The first-order chi connectivity index (χ1) is 18.1. The number of methoxy groups -OCH3 is 2. The van der Waals surface area contributed by atoms with E-state index in [-0.39, 0.29) is 12.1 Å². The minimum absolute atomic E-state index is 0.232. The smallest absolute Gasteiger partial charge is 0.417 e. The van der Waals surface area contributed by atoms with Crippen LogP contribution in [-0.4, -0.2) is 20.2 Å². The molecule has 0 saturated carbocycles. The highest BCUT2D eigenvalue weighted by Gasteiger charge is 2.36. The Labute approximate surface area is 227 Å². The predicted molar refractivity (Wildman–Crippen MR) is 144 cm³/mol. The van der Waals surface area contributed by atoms with Crippen LogP contribution in [0.2, 0.25) is 10.0 Å². The van der Waals surface area contributed by atoms with E-state index >= 15 is 0 Å². The molecular formula is C29H22Cl2F3NO3. The maximum atomic E-state index is 13.8. The Bertz CT molecular complexity index is 1470. The molecule has 0 radical (unpaired) electrons. The number of alkyl halides is 3. The number of ether oxygens (including phenoxy) is 2. The number of halogens is 5. The van der Waals surface area contributed by atoms with Gasteiger partial charge in [-0.25, -0.2) is 4.79 Å². The zero-order chi connectivity index (χ0) is 27.4. The molecule has 0 aromatic heterocycles. The molecule has 1 N–H and O–H groups in total. The SMILES string of the molecule is COC(=O)c1ccc(-c2cccc(OC)c2CNc2ccc(-c3ccc(Cl)cc3)c(Cl)c2)cc1C(F)(F)F. The Morgan fingerprint density at radius 3 is 2.21 bits per heavy atom. The first-order valence-electron chi connectivity index (χ1n) is 11.4. The van der Waals surface area contributed by atoms with Crippen molar-refractivity contribution in [2.24, 2.45) is 0 Å². The molecule has 0 atom stereocenters. The Morgan fingerprint density at radius 1 is 0.868 bits per heavy atom. The van der Waals surface area contributed by atoms with Gasteiger partial charge in [-0.2, -0.15) is 13.2 Å². The summed E-state index contributed by atoms with van der Waals surface area (Å²) in [5.41, 5.74) is 2.24. The molecule has 0 spiro atoms. The third-order valence-electron chi connectivity index (χ3n) is 5.99. The zero-order valence-corrected chi connectivity index (χ0v) is 21.8. The molecule has 0 heterocycles. The summed E-state index contributed by atoms with van der Waals surface area (Å²) >= 11 is 12.5. The van der Waals surface area contributed by atoms with E-state index < -0.39 is 23.3 Å². The molecule has 0 aliphatic heterocycles. The van der Waals surface area contributed by atoms with Gasteiger partial charge >= 0.3 is 12.1 Å². The van der Waals surface area contributed by atoms with E-state index in [0.717, 1.165) is 30.4 Å². The van der Waals surface area contributed by atoms with Gasteiger partial charge in [0.15, 0.2) is 0 Å². The molecule has 0 unspecified atom stereocenters. The van der Waals surface area contributed by atoms with Crippen LogP contribution in [0.25, 0.3) is 22.3 Å². The number of carbonyl (C=O) groups excluding carboxylic acids is 1. The molecular weight excluding hydrogens is 538 g/mol. The molecule has 0 amide bonds. The summed E-state index contributed by atoms with van der Waals surface area (Å²) in [6, 6.07) is 21.5. The second kappa shape index (κ2) is 11.4. The lowest BCUT2D eigenvalue weighted by Gasteiger charge is -2.18. The molecule has 9 heteroatoms. The second-order valence-corrected chi connectivity index (χ2v) is 9.13. The van der Waals surface area contributed by atoms with E-state index in [2.05, 4.69) is 10.1 Å². The van der Waals surface area contributed by atoms with E-state index in [1.165, 1.54) is 13.2 Å². The van der Waals surface area contributed by atoms with Crippen molar-refractivity contribution in [2.75, 3.05) is 19.5 Å². The Balaban J connectivity index is 1.67. The van der Waals surface area contributed by atoms with Crippen molar-refractivity contribution in [3.8, 4) is 28.0 Å². The highest BCUT2D eigenvalue weighted by molar-refractivity contribution is 6.33. The summed E-state index contributed by atoms with van der Waals surface area (Å²) in [6.07, 6.45) is -4.75. The van der Waals surface area contributed by atoms with Gasteiger partial charge in [0, 0.05) is 28.4 Å². The maximum absolute atomic E-state index is 13.8. The van der Waals surface area contributed by atoms with E-state index in [4.69, 9.17) is 27.9 Å². The fraction of sp³-hybridized carbons (Fsp3) is 0.138. The molecule has 0 aliphatic rings. The van der Waals surface area contributed by atoms with Crippen LogP contribution in [0.3, 0.4) is 0 Å². The van der Waals surface area contributed by atoms with Crippen LogP contribution >= 0.6 is 23.2 Å². The summed E-state index contributed by atoms with van der Waals surface area (Å²) in [4.78, 5) is 11.9. The normalized spacial score (nSPS) is 11.2. The van der Waals surface area contributed by atoms with Crippen LogP contribution in [0.1, 0.15) is 21.5 Å². The van der Waals surface area contributed by atoms with Gasteiger partial charge in [-0.3, -0.25) is 0 Å². The monoisotopic (exact) mass is 559 g/mol. The molecule has 4 rings (SSSR count). The lowest BCUT2D eigenvalue weighted by molar-refractivity contribution is -0.138. The summed E-state index contributed by atoms with van der Waals surface area (Å²) in [5.74, 6) is -0.570. The van der Waals surface area contributed by atoms with Gasteiger partial charge in [0.1, 0.15) is 5.75 Å². The summed E-state index contributed by atoms with van der Waals surface area (Å²) in [5, 5.41) is 4.42. The van der Waals surface area contributed by atoms with Gasteiger partial charge in [-0.1, -0.05) is 59.6 Å². The Morgan fingerprint density at radius 2 is 1.58 bits per heavy atom. The molecule has 4 aromatic carbocycles. The van der Waals surface area contributed by atoms with Gasteiger partial charge in [0.05, 0.1) is 30.4 Å². The number of hydrogen-bond acceptors (Lipinski definition) is 4. The Kier molecular flexibility index (Phi) is 8.19. The molecule has 4 nitrogen and oxygen atoms in total. The van der Waals surface area contributed by atoms with Crippen molar-refractivity contribution in [1.29, 1.82) is 0 Å². The number of benzene rings is 4. The van der Waals surface area contributed by atoms with Crippen molar-refractivity contribution >= 4 is 34.9 Å². The third kappa shape index (κ3) is 5.90. The van der Waals surface area contributed by atoms with Crippen LogP contribution in [0, 0.1) is 0 Å². The van der Waals surface area contributed by atoms with Gasteiger partial charge in [-0.05, 0) is 59.2 Å². The standard InChI is InChI=1S/C29H22Cl2F3NO3/c1-37-27-5-3-4-21(18-8-12-23(28(36)38-2)25(14-18)29(32,33)34)24(27)16-35-20-11-13-22(26(31)15-20)17-6-9-19(30)10-7-17/h3-15,35H,16H2,1-2H3. The second-order valence-electron chi connectivity index (χ2n) is 8.29. The van der Waals surface area contributed by atoms with Crippen molar-refractivity contribution < 1.29 is 27.4 Å². The minimum atomic E-state index is -4.75. The maximum Gasteiger partial charge on any atom is 0.417 e. The first kappa shape index (κ1) is 27.4. The molecule has 0 fully saturated rings. The average molecular weight is 560 g/mol. The Hall–Kier alpha value is -3.68. The third-order valence-corrected chi connectivity index (χ3v) is 6.55. The van der Waals surface area contributed by atoms with Crippen LogP contribution in [0.15, 0.2) is 78.9 Å². The van der Waals surface area contributed by atoms with Crippen LogP contribution in [-0.2, 0) is 17.5 Å². The van der Waals surface area contributed by atoms with Gasteiger partial charge in [0.2, 0.25) is 0 Å². The van der Waals surface area contributed by atoms with Gasteiger partial charge in [0.25, 0.3) is 0 Å². The van der Waals surface area contributed by atoms with Crippen LogP contribution in [0.4, 0.5) is 18.9 Å². The summed E-state index contributed by atoms with van der Waals surface area (Å²) < 4.78 is 51.5. The lowest BCUT2D eigenvalue weighted by atomic mass is 9.94. The van der Waals surface area contributed by atoms with E-state index in [1.54, 1.807) is 36.4 Å². The number of esters is 1. The van der Waals surface area contributed by atoms with Crippen molar-refractivity contribution in [3.63, 3.8) is 0 Å². The molecule has 4 aromatic rings. The fourth-order valence-corrected chi connectivity index (χ4v) is 4.54. The highest BCUT2D eigenvalue weighted by atomic mass is 35.5. The number of nitrogens with one attached hydrogen (secondary N) is 1. The average Bonchev–Trinajstić information content (AvgIpc) is 2.91. The summed E-state index contributed by atoms with van der Waals surface area (Å²) in [6.45, 7) is 0.232. The predicted octanol–water partition coefficient (Wildman–Crippen LogP) is 8.75. The number of carbonyl (C=O) groups is 1. The molecule has 196 valence electrons. The molecule has 0 aliphatic carbocycles. The first-order valence-corrected chi connectivity index (χ1v) is 12.1. The molecule has 38 heavy (non-hydrogen) atoms. The molecule has 0 saturated heterocycles. The van der Waals surface area contributed by atoms with Crippen molar-refractivity contribution in [3.05, 3.63) is 106 Å². The number of rotatable bonds is 7. The summed E-state index contributed by atoms with van der Waals surface area (Å²) in [7, 11) is 2.53.